The molecule has 1 amide bonds. The lowest BCUT2D eigenvalue weighted by molar-refractivity contribution is -0.116. The molecule has 1 aliphatic heterocycles. The maximum absolute atomic E-state index is 12.7. The monoisotopic (exact) mass is 367 g/mol. The lowest BCUT2D eigenvalue weighted by Crippen LogP contribution is -2.25. The number of hydrogen-bond donors (Lipinski definition) is 1. The number of nitrogens with zero attached hydrogens (tertiary/aromatic N) is 2. The number of fused-ring (bicyclic) bond motifs is 2. The van der Waals surface area contributed by atoms with Crippen molar-refractivity contribution in [3.8, 4) is 0 Å². The van der Waals surface area contributed by atoms with E-state index in [0.29, 0.717) is 28.6 Å². The number of anilines is 1. The molecule has 132 valence electrons. The largest absolute Gasteiger partial charge is 0.326 e. The summed E-state index contributed by atoms with van der Waals surface area (Å²) in [7, 11) is 0. The van der Waals surface area contributed by atoms with Crippen LogP contribution in [0.15, 0.2) is 29.3 Å². The van der Waals surface area contributed by atoms with Gasteiger partial charge in [-0.2, -0.15) is 0 Å². The molecule has 1 aromatic carbocycles. The Labute approximate surface area is 153 Å². The summed E-state index contributed by atoms with van der Waals surface area (Å²) in [6.07, 6.45) is 2.47. The van der Waals surface area contributed by atoms with Gasteiger partial charge in [0.2, 0.25) is 5.91 Å². The number of amides is 1. The first-order chi connectivity index (χ1) is 12.4. The first-order valence-corrected chi connectivity index (χ1v) is 9.17. The molecule has 26 heavy (non-hydrogen) atoms. The number of carbonyl (C=O) groups is 2. The average molecular weight is 367 g/mol. The van der Waals surface area contributed by atoms with Gasteiger partial charge in [0.15, 0.2) is 5.78 Å². The zero-order valence-electron chi connectivity index (χ0n) is 14.5. The van der Waals surface area contributed by atoms with Crippen LogP contribution in [-0.2, 0) is 17.8 Å². The van der Waals surface area contributed by atoms with Gasteiger partial charge >= 0.3 is 0 Å². The van der Waals surface area contributed by atoms with Crippen molar-refractivity contribution < 1.29 is 9.59 Å². The normalized spacial score (nSPS) is 13.5. The fourth-order valence-electron chi connectivity index (χ4n) is 3.19. The van der Waals surface area contributed by atoms with Crippen LogP contribution in [0.4, 0.5) is 5.69 Å². The molecule has 1 N–H and O–H groups in total. The quantitative estimate of drug-likeness (QED) is 0.722. The van der Waals surface area contributed by atoms with E-state index in [4.69, 9.17) is 0 Å². The Morgan fingerprint density at radius 1 is 1.27 bits per heavy atom. The number of aryl methyl sites for hydroxylation is 3. The summed E-state index contributed by atoms with van der Waals surface area (Å²) in [5.74, 6) is -0.165. The molecule has 4 rings (SSSR count). The Kier molecular flexibility index (Phi) is 3.96. The van der Waals surface area contributed by atoms with Crippen LogP contribution in [0.25, 0.3) is 10.2 Å². The third-order valence-electron chi connectivity index (χ3n) is 4.79. The summed E-state index contributed by atoms with van der Waals surface area (Å²) >= 11 is 1.49. The van der Waals surface area contributed by atoms with Gasteiger partial charge in [-0.25, -0.2) is 4.98 Å². The van der Waals surface area contributed by atoms with E-state index in [1.54, 1.807) is 18.2 Å². The van der Waals surface area contributed by atoms with E-state index in [9.17, 15) is 14.4 Å². The predicted molar refractivity (Wildman–Crippen MR) is 101 cm³/mol. The minimum Gasteiger partial charge on any atom is -0.326 e. The highest BCUT2D eigenvalue weighted by atomic mass is 32.1. The van der Waals surface area contributed by atoms with Crippen LogP contribution in [0.2, 0.25) is 0 Å². The lowest BCUT2D eigenvalue weighted by Gasteiger charge is -2.17. The van der Waals surface area contributed by atoms with Gasteiger partial charge in [0.1, 0.15) is 4.83 Å². The second kappa shape index (κ2) is 6.17. The van der Waals surface area contributed by atoms with Crippen molar-refractivity contribution in [3.05, 3.63) is 56.4 Å². The minimum absolute atomic E-state index is 0.0102. The summed E-state index contributed by atoms with van der Waals surface area (Å²) in [5.41, 5.74) is 2.97. The van der Waals surface area contributed by atoms with Crippen molar-refractivity contribution >= 4 is 38.9 Å². The number of carbonyl (C=O) groups excluding carboxylic acids is 2. The second-order valence-corrected chi connectivity index (χ2v) is 7.69. The first-order valence-electron chi connectivity index (χ1n) is 8.35. The first kappa shape index (κ1) is 16.7. The van der Waals surface area contributed by atoms with E-state index >= 15 is 0 Å². The van der Waals surface area contributed by atoms with Gasteiger partial charge in [0.25, 0.3) is 5.56 Å². The fourth-order valence-corrected chi connectivity index (χ4v) is 4.17. The molecule has 0 fully saturated rings. The lowest BCUT2D eigenvalue weighted by atomic mass is 9.99. The van der Waals surface area contributed by atoms with E-state index in [2.05, 4.69) is 10.3 Å². The minimum atomic E-state index is -0.185. The Morgan fingerprint density at radius 2 is 2.08 bits per heavy atom. The summed E-state index contributed by atoms with van der Waals surface area (Å²) < 4.78 is 1.37. The summed E-state index contributed by atoms with van der Waals surface area (Å²) in [4.78, 5) is 42.9. The molecule has 0 atom stereocenters. The number of thiophene rings is 1. The Morgan fingerprint density at radius 3 is 2.88 bits per heavy atom. The Hall–Kier alpha value is -2.80. The summed E-state index contributed by atoms with van der Waals surface area (Å²) in [5, 5.41) is 3.39. The van der Waals surface area contributed by atoms with Crippen molar-refractivity contribution in [2.24, 2.45) is 0 Å². The van der Waals surface area contributed by atoms with Crippen LogP contribution in [0.5, 0.6) is 0 Å². The molecule has 0 aliphatic carbocycles. The zero-order chi connectivity index (χ0) is 18.4. The molecule has 0 bridgehead atoms. The molecule has 0 radical (unpaired) electrons. The van der Waals surface area contributed by atoms with Gasteiger partial charge in [-0.15, -0.1) is 11.3 Å². The third kappa shape index (κ3) is 2.74. The molecule has 0 unspecified atom stereocenters. The molecule has 7 heteroatoms. The Bertz CT molecular complexity index is 1130. The third-order valence-corrected chi connectivity index (χ3v) is 5.91. The van der Waals surface area contributed by atoms with Crippen LogP contribution in [0.3, 0.4) is 0 Å². The van der Waals surface area contributed by atoms with Gasteiger partial charge in [-0.05, 0) is 49.6 Å². The fraction of sp³-hybridized carbons (Fsp3) is 0.263. The van der Waals surface area contributed by atoms with E-state index in [1.807, 2.05) is 13.8 Å². The van der Waals surface area contributed by atoms with E-state index in [0.717, 1.165) is 21.7 Å². The molecule has 3 heterocycles. The summed E-state index contributed by atoms with van der Waals surface area (Å²) in [6.45, 7) is 3.81. The van der Waals surface area contributed by atoms with Crippen LogP contribution >= 0.6 is 11.3 Å². The number of ketones is 1. The maximum atomic E-state index is 12.7. The van der Waals surface area contributed by atoms with Gasteiger partial charge in [0, 0.05) is 22.5 Å². The average Bonchev–Trinajstić information content (AvgIpc) is 2.91. The van der Waals surface area contributed by atoms with Crippen LogP contribution in [0, 0.1) is 13.8 Å². The molecule has 0 saturated carbocycles. The molecule has 0 saturated heterocycles. The van der Waals surface area contributed by atoms with Crippen molar-refractivity contribution in [2.75, 3.05) is 5.32 Å². The van der Waals surface area contributed by atoms with Crippen LogP contribution < -0.4 is 10.9 Å². The molecule has 3 aromatic rings. The van der Waals surface area contributed by atoms with Gasteiger partial charge in [-0.1, -0.05) is 0 Å². The number of Topliss-reactive ketones (excluding diaryl/α,β-unsaturated/α-hetero) is 1. The van der Waals surface area contributed by atoms with Crippen molar-refractivity contribution in [2.45, 2.75) is 33.2 Å². The molecular formula is C19H17N3O3S. The van der Waals surface area contributed by atoms with Gasteiger partial charge in [-0.3, -0.25) is 19.0 Å². The molecular weight excluding hydrogens is 350 g/mol. The predicted octanol–water partition coefficient (Wildman–Crippen LogP) is 2.84. The van der Waals surface area contributed by atoms with Crippen molar-refractivity contribution in [1.29, 1.82) is 0 Å². The second-order valence-electron chi connectivity index (χ2n) is 6.48. The van der Waals surface area contributed by atoms with Crippen molar-refractivity contribution in [3.63, 3.8) is 0 Å². The number of aromatic nitrogens is 2. The number of rotatable bonds is 3. The number of benzene rings is 1. The SMILES string of the molecule is Cc1sc2ncn(CC(=O)c3ccc4c(c3)CCC(=O)N4)c(=O)c2c1C. The highest BCUT2D eigenvalue weighted by molar-refractivity contribution is 7.18. The molecule has 2 aromatic heterocycles. The zero-order valence-corrected chi connectivity index (χ0v) is 15.3. The standard InChI is InChI=1S/C19H17N3O3S/c1-10-11(2)26-18-17(10)19(25)22(9-20-18)8-15(23)13-3-5-14-12(7-13)4-6-16(24)21-14/h3,5,7,9H,4,6,8H2,1-2H3,(H,21,24). The highest BCUT2D eigenvalue weighted by Gasteiger charge is 2.18. The maximum Gasteiger partial charge on any atom is 0.262 e. The van der Waals surface area contributed by atoms with Crippen LogP contribution in [0.1, 0.15) is 32.8 Å². The van der Waals surface area contributed by atoms with E-state index in [1.165, 1.54) is 22.2 Å². The van der Waals surface area contributed by atoms with E-state index < -0.39 is 0 Å². The van der Waals surface area contributed by atoms with Crippen LogP contribution in [-0.4, -0.2) is 21.2 Å². The van der Waals surface area contributed by atoms with Gasteiger partial charge in [0.05, 0.1) is 18.3 Å². The summed E-state index contributed by atoms with van der Waals surface area (Å²) in [6, 6.07) is 5.23. The topological polar surface area (TPSA) is 81.1 Å². The Balaban J connectivity index is 1.66. The number of nitrogens with one attached hydrogen (secondary N) is 1. The molecule has 6 nitrogen and oxygen atoms in total. The highest BCUT2D eigenvalue weighted by Crippen LogP contribution is 2.26. The number of hydrogen-bond acceptors (Lipinski definition) is 5. The van der Waals surface area contributed by atoms with Crippen molar-refractivity contribution in [1.82, 2.24) is 9.55 Å². The molecule has 0 spiro atoms. The van der Waals surface area contributed by atoms with E-state index in [-0.39, 0.29) is 23.8 Å². The van der Waals surface area contributed by atoms with Gasteiger partial charge < -0.3 is 5.32 Å². The molecule has 1 aliphatic rings. The smallest absolute Gasteiger partial charge is 0.262 e.